The summed E-state index contributed by atoms with van der Waals surface area (Å²) in [6.07, 6.45) is 1.70. The molecule has 0 heterocycles. The molecule has 0 radical (unpaired) electrons. The molecule has 1 fully saturated rings. The van der Waals surface area contributed by atoms with Crippen molar-refractivity contribution in [2.24, 2.45) is 11.8 Å². The fourth-order valence-electron chi connectivity index (χ4n) is 3.20. The number of hydrogen-bond acceptors (Lipinski definition) is 1. The van der Waals surface area contributed by atoms with Gasteiger partial charge >= 0.3 is 0 Å². The minimum atomic E-state index is -1.51. The summed E-state index contributed by atoms with van der Waals surface area (Å²) < 4.78 is 39.9. The van der Waals surface area contributed by atoms with Crippen molar-refractivity contribution in [3.63, 3.8) is 0 Å². The zero-order valence-corrected chi connectivity index (χ0v) is 10.5. The van der Waals surface area contributed by atoms with E-state index in [0.29, 0.717) is 12.8 Å². The van der Waals surface area contributed by atoms with Crippen LogP contribution < -0.4 is 0 Å². The average Bonchev–Trinajstić information content (AvgIpc) is 2.23. The van der Waals surface area contributed by atoms with Crippen molar-refractivity contribution >= 4 is 0 Å². The summed E-state index contributed by atoms with van der Waals surface area (Å²) >= 11 is 0. The van der Waals surface area contributed by atoms with Crippen LogP contribution >= 0.6 is 0 Å². The third-order valence-corrected chi connectivity index (χ3v) is 3.71. The largest absolute Gasteiger partial charge is 0.385 e. The van der Waals surface area contributed by atoms with E-state index in [1.54, 1.807) is 0 Å². The monoisotopic (exact) mass is 258 g/mol. The van der Waals surface area contributed by atoms with E-state index < -0.39 is 23.1 Å². The quantitative estimate of drug-likeness (QED) is 0.761. The van der Waals surface area contributed by atoms with Gasteiger partial charge in [-0.05, 0) is 37.2 Å². The van der Waals surface area contributed by atoms with Crippen molar-refractivity contribution in [1.82, 2.24) is 0 Å². The fraction of sp³-hybridized carbons (Fsp3) is 0.571. The van der Waals surface area contributed by atoms with Crippen LogP contribution in [0.3, 0.4) is 0 Å². The third kappa shape index (κ3) is 2.26. The molecule has 1 aromatic carbocycles. The Morgan fingerprint density at radius 2 is 1.61 bits per heavy atom. The van der Waals surface area contributed by atoms with Gasteiger partial charge in [-0.15, -0.1) is 0 Å². The Bertz CT molecular complexity index is 449. The first-order valence-corrected chi connectivity index (χ1v) is 6.20. The maximum atomic E-state index is 13.8. The van der Waals surface area contributed by atoms with Crippen LogP contribution in [-0.2, 0) is 5.60 Å². The first-order valence-electron chi connectivity index (χ1n) is 6.20. The summed E-state index contributed by atoms with van der Waals surface area (Å²) in [6, 6.07) is 2.02. The number of halogens is 3. The summed E-state index contributed by atoms with van der Waals surface area (Å²) in [6.45, 7) is 3.94. The highest BCUT2D eigenvalue weighted by atomic mass is 19.2. The molecule has 2 rings (SSSR count). The fourth-order valence-corrected chi connectivity index (χ4v) is 3.20. The highest BCUT2D eigenvalue weighted by molar-refractivity contribution is 5.27. The number of aliphatic hydroxyl groups is 1. The summed E-state index contributed by atoms with van der Waals surface area (Å²) in [7, 11) is 0. The lowest BCUT2D eigenvalue weighted by atomic mass is 9.70. The van der Waals surface area contributed by atoms with Crippen LogP contribution in [0.5, 0.6) is 0 Å². The van der Waals surface area contributed by atoms with Crippen LogP contribution in [0.15, 0.2) is 12.1 Å². The lowest BCUT2D eigenvalue weighted by Gasteiger charge is -2.39. The minimum Gasteiger partial charge on any atom is -0.385 e. The number of rotatable bonds is 1. The van der Waals surface area contributed by atoms with Gasteiger partial charge in [-0.1, -0.05) is 19.9 Å². The zero-order valence-electron chi connectivity index (χ0n) is 10.5. The van der Waals surface area contributed by atoms with Crippen LogP contribution in [-0.4, -0.2) is 5.11 Å². The van der Waals surface area contributed by atoms with Crippen molar-refractivity contribution < 1.29 is 18.3 Å². The van der Waals surface area contributed by atoms with E-state index in [4.69, 9.17) is 0 Å². The van der Waals surface area contributed by atoms with Crippen molar-refractivity contribution in [2.45, 2.75) is 38.7 Å². The van der Waals surface area contributed by atoms with E-state index in [2.05, 4.69) is 0 Å². The molecular formula is C14H17F3O. The Morgan fingerprint density at radius 1 is 1.06 bits per heavy atom. The molecule has 0 spiro atoms. The minimum absolute atomic E-state index is 0.125. The Hall–Kier alpha value is -1.03. The van der Waals surface area contributed by atoms with Gasteiger partial charge in [-0.2, -0.15) is 0 Å². The topological polar surface area (TPSA) is 20.2 Å². The molecule has 0 aliphatic heterocycles. The van der Waals surface area contributed by atoms with E-state index in [9.17, 15) is 18.3 Å². The molecule has 1 aliphatic rings. The summed E-state index contributed by atoms with van der Waals surface area (Å²) in [4.78, 5) is 0. The molecule has 0 saturated heterocycles. The van der Waals surface area contributed by atoms with Crippen LogP contribution in [0.2, 0.25) is 0 Å². The van der Waals surface area contributed by atoms with Gasteiger partial charge in [-0.3, -0.25) is 0 Å². The van der Waals surface area contributed by atoms with Gasteiger partial charge in [0, 0.05) is 5.56 Å². The lowest BCUT2D eigenvalue weighted by Crippen LogP contribution is -2.36. The second-order valence-corrected chi connectivity index (χ2v) is 5.61. The van der Waals surface area contributed by atoms with Gasteiger partial charge in [0.05, 0.1) is 5.60 Å². The standard InChI is InChI=1S/C14H17F3O/c1-8-5-9(2)7-14(18,6-8)10-3-4-11(15)13(17)12(10)16/h3-4,8-9,18H,5-7H2,1-2H3. The molecule has 4 heteroatoms. The smallest absolute Gasteiger partial charge is 0.194 e. The van der Waals surface area contributed by atoms with Gasteiger partial charge in [0.1, 0.15) is 0 Å². The van der Waals surface area contributed by atoms with Gasteiger partial charge in [0.15, 0.2) is 17.5 Å². The van der Waals surface area contributed by atoms with Crippen LogP contribution in [0, 0.1) is 29.3 Å². The second-order valence-electron chi connectivity index (χ2n) is 5.61. The molecule has 1 N–H and O–H groups in total. The molecule has 2 unspecified atom stereocenters. The maximum Gasteiger partial charge on any atom is 0.194 e. The van der Waals surface area contributed by atoms with Gasteiger partial charge in [0.25, 0.3) is 0 Å². The Labute approximate surface area is 105 Å². The molecule has 0 amide bonds. The summed E-state index contributed by atoms with van der Waals surface area (Å²) in [5.41, 5.74) is -1.52. The Morgan fingerprint density at radius 3 is 2.17 bits per heavy atom. The molecule has 2 atom stereocenters. The maximum absolute atomic E-state index is 13.8. The van der Waals surface area contributed by atoms with Gasteiger partial charge in [0.2, 0.25) is 0 Å². The van der Waals surface area contributed by atoms with Crippen molar-refractivity contribution in [1.29, 1.82) is 0 Å². The van der Waals surface area contributed by atoms with E-state index in [1.807, 2.05) is 13.8 Å². The summed E-state index contributed by atoms with van der Waals surface area (Å²) in [5, 5.41) is 10.6. The van der Waals surface area contributed by atoms with E-state index >= 15 is 0 Å². The Balaban J connectivity index is 2.44. The molecule has 1 aliphatic carbocycles. The predicted molar refractivity (Wildman–Crippen MR) is 62.4 cm³/mol. The van der Waals surface area contributed by atoms with Crippen molar-refractivity contribution in [2.75, 3.05) is 0 Å². The van der Waals surface area contributed by atoms with Crippen LogP contribution in [0.25, 0.3) is 0 Å². The van der Waals surface area contributed by atoms with Crippen LogP contribution in [0.4, 0.5) is 13.2 Å². The predicted octanol–water partition coefficient (Wildman–Crippen LogP) is 3.75. The zero-order chi connectivity index (χ0) is 13.5. The van der Waals surface area contributed by atoms with E-state index in [1.165, 1.54) is 0 Å². The molecule has 18 heavy (non-hydrogen) atoms. The molecular weight excluding hydrogens is 241 g/mol. The van der Waals surface area contributed by atoms with E-state index in [0.717, 1.165) is 18.6 Å². The average molecular weight is 258 g/mol. The molecule has 1 nitrogen and oxygen atoms in total. The highest BCUT2D eigenvalue weighted by Gasteiger charge is 2.40. The van der Waals surface area contributed by atoms with Crippen LogP contribution in [0.1, 0.15) is 38.7 Å². The molecule has 1 aromatic rings. The molecule has 0 bridgehead atoms. The van der Waals surface area contributed by atoms with Crippen molar-refractivity contribution in [3.05, 3.63) is 35.1 Å². The summed E-state index contributed by atoms with van der Waals surface area (Å²) in [5.74, 6) is -3.54. The molecule has 1 saturated carbocycles. The first-order chi connectivity index (χ1) is 8.33. The number of benzene rings is 1. The SMILES string of the molecule is CC1CC(C)CC(O)(c2ccc(F)c(F)c2F)C1. The Kier molecular flexibility index (Phi) is 3.41. The van der Waals surface area contributed by atoms with Gasteiger partial charge < -0.3 is 5.11 Å². The molecule has 100 valence electrons. The third-order valence-electron chi connectivity index (χ3n) is 3.71. The lowest BCUT2D eigenvalue weighted by molar-refractivity contribution is -0.0394. The van der Waals surface area contributed by atoms with Gasteiger partial charge in [-0.25, -0.2) is 13.2 Å². The van der Waals surface area contributed by atoms with E-state index in [-0.39, 0.29) is 17.4 Å². The normalized spacial score (nSPS) is 32.6. The molecule has 0 aromatic heterocycles. The second kappa shape index (κ2) is 4.57. The number of hydrogen-bond donors (Lipinski definition) is 1. The first kappa shape index (κ1) is 13.4. The highest BCUT2D eigenvalue weighted by Crippen LogP contribution is 2.43. The van der Waals surface area contributed by atoms with Crippen molar-refractivity contribution in [3.8, 4) is 0 Å².